The predicted molar refractivity (Wildman–Crippen MR) is 78.9 cm³/mol. The Morgan fingerprint density at radius 1 is 1.38 bits per heavy atom. The first-order chi connectivity index (χ1) is 10.1. The summed E-state index contributed by atoms with van der Waals surface area (Å²) in [5.74, 6) is -0.0537. The van der Waals surface area contributed by atoms with E-state index in [9.17, 15) is 4.79 Å². The summed E-state index contributed by atoms with van der Waals surface area (Å²) in [5, 5.41) is 19.9. The molecule has 0 fully saturated rings. The van der Waals surface area contributed by atoms with E-state index in [0.29, 0.717) is 18.7 Å². The number of nitrogens with zero attached hydrogens (tertiary/aromatic N) is 4. The van der Waals surface area contributed by atoms with Gasteiger partial charge in [-0.2, -0.15) is 0 Å². The molecule has 2 N–H and O–H groups in total. The topological polar surface area (TPSA) is 83.3 Å². The lowest BCUT2D eigenvalue weighted by atomic mass is 10.1. The van der Waals surface area contributed by atoms with Crippen molar-refractivity contribution in [1.29, 1.82) is 0 Å². The normalized spacial score (nSPS) is 10.4. The number of aliphatic hydroxyl groups is 1. The Bertz CT molecular complexity index is 609. The molecular formula is C14H19N5O2. The lowest BCUT2D eigenvalue weighted by Crippen LogP contribution is -2.22. The molecule has 0 aliphatic heterocycles. The number of hydrogen-bond acceptors (Lipinski definition) is 5. The summed E-state index contributed by atoms with van der Waals surface area (Å²) in [6.45, 7) is 0.905. The number of benzene rings is 1. The minimum absolute atomic E-state index is 0.0242. The fourth-order valence-electron chi connectivity index (χ4n) is 1.88. The molecule has 1 aromatic heterocycles. The first-order valence-corrected chi connectivity index (χ1v) is 6.66. The Kier molecular flexibility index (Phi) is 4.89. The van der Waals surface area contributed by atoms with Crippen LogP contribution < -0.4 is 5.32 Å². The van der Waals surface area contributed by atoms with Crippen LogP contribution in [0.1, 0.15) is 16.1 Å². The molecule has 7 heteroatoms. The number of amides is 1. The van der Waals surface area contributed by atoms with Crippen molar-refractivity contribution < 1.29 is 9.90 Å². The van der Waals surface area contributed by atoms with Crippen LogP contribution in [0.5, 0.6) is 0 Å². The fourth-order valence-corrected chi connectivity index (χ4v) is 1.88. The summed E-state index contributed by atoms with van der Waals surface area (Å²) in [5.41, 5.74) is 2.12. The highest BCUT2D eigenvalue weighted by Crippen LogP contribution is 2.17. The molecule has 1 amide bonds. The van der Waals surface area contributed by atoms with Crippen LogP contribution in [0.2, 0.25) is 0 Å². The molecular weight excluding hydrogens is 270 g/mol. The quantitative estimate of drug-likeness (QED) is 0.813. The van der Waals surface area contributed by atoms with Crippen molar-refractivity contribution in [2.24, 2.45) is 0 Å². The van der Waals surface area contributed by atoms with E-state index in [2.05, 4.69) is 15.6 Å². The molecule has 7 nitrogen and oxygen atoms in total. The fraction of sp³-hybridized carbons (Fsp3) is 0.357. The maximum absolute atomic E-state index is 12.1. The molecule has 0 saturated heterocycles. The molecule has 0 aliphatic carbocycles. The van der Waals surface area contributed by atoms with E-state index >= 15 is 0 Å². The van der Waals surface area contributed by atoms with Crippen LogP contribution in [-0.4, -0.2) is 51.6 Å². The molecule has 0 unspecified atom stereocenters. The number of aliphatic hydroxyl groups excluding tert-OH is 1. The number of aromatic nitrogens is 3. The lowest BCUT2D eigenvalue weighted by Gasteiger charge is -2.14. The van der Waals surface area contributed by atoms with Gasteiger partial charge in [0.1, 0.15) is 5.69 Å². The molecule has 0 radical (unpaired) electrons. The molecule has 0 bridgehead atoms. The number of carbonyl (C=O) groups excluding carboxylic acids is 1. The monoisotopic (exact) mass is 289 g/mol. The summed E-state index contributed by atoms with van der Waals surface area (Å²) < 4.78 is 1.58. The molecule has 2 rings (SSSR count). The van der Waals surface area contributed by atoms with Gasteiger partial charge in [0.25, 0.3) is 5.91 Å². The Morgan fingerprint density at radius 3 is 2.86 bits per heavy atom. The van der Waals surface area contributed by atoms with Crippen LogP contribution in [0, 0.1) is 0 Å². The van der Waals surface area contributed by atoms with Gasteiger partial charge in [-0.05, 0) is 12.1 Å². The van der Waals surface area contributed by atoms with Gasteiger partial charge in [0, 0.05) is 19.8 Å². The summed E-state index contributed by atoms with van der Waals surface area (Å²) in [4.78, 5) is 13.6. The molecule has 112 valence electrons. The third-order valence-corrected chi connectivity index (χ3v) is 2.94. The van der Waals surface area contributed by atoms with Gasteiger partial charge < -0.3 is 15.3 Å². The molecule has 2 aromatic rings. The van der Waals surface area contributed by atoms with E-state index in [1.165, 1.54) is 4.90 Å². The third-order valence-electron chi connectivity index (χ3n) is 2.94. The van der Waals surface area contributed by atoms with Crippen molar-refractivity contribution >= 4 is 11.6 Å². The van der Waals surface area contributed by atoms with Crippen molar-refractivity contribution in [1.82, 2.24) is 19.9 Å². The van der Waals surface area contributed by atoms with E-state index in [1.807, 2.05) is 18.2 Å². The lowest BCUT2D eigenvalue weighted by molar-refractivity contribution is 0.0828. The molecule has 0 aliphatic rings. The predicted octanol–water partition coefficient (Wildman–Crippen LogP) is 0.584. The maximum atomic E-state index is 12.1. The number of para-hydroxylation sites is 1. The minimum Gasteiger partial charge on any atom is -0.394 e. The molecule has 1 aromatic carbocycles. The largest absolute Gasteiger partial charge is 0.394 e. The minimum atomic E-state index is -0.0537. The van der Waals surface area contributed by atoms with Crippen LogP contribution in [0.3, 0.4) is 0 Å². The average molecular weight is 289 g/mol. The van der Waals surface area contributed by atoms with Gasteiger partial charge in [0.05, 0.1) is 31.5 Å². The maximum Gasteiger partial charge on any atom is 0.255 e. The van der Waals surface area contributed by atoms with E-state index in [0.717, 1.165) is 11.4 Å². The van der Waals surface area contributed by atoms with Crippen LogP contribution in [0.4, 0.5) is 5.69 Å². The van der Waals surface area contributed by atoms with E-state index in [1.54, 1.807) is 31.0 Å². The molecule has 1 heterocycles. The number of anilines is 1. The van der Waals surface area contributed by atoms with E-state index in [4.69, 9.17) is 5.11 Å². The Balaban J connectivity index is 2.07. The van der Waals surface area contributed by atoms with Crippen LogP contribution in [0.15, 0.2) is 30.5 Å². The first-order valence-electron chi connectivity index (χ1n) is 6.66. The van der Waals surface area contributed by atoms with Gasteiger partial charge in [-0.25, -0.2) is 4.68 Å². The zero-order valence-electron chi connectivity index (χ0n) is 12.2. The first kappa shape index (κ1) is 15.0. The van der Waals surface area contributed by atoms with Crippen molar-refractivity contribution in [2.45, 2.75) is 13.1 Å². The van der Waals surface area contributed by atoms with Gasteiger partial charge in [-0.15, -0.1) is 5.10 Å². The van der Waals surface area contributed by atoms with E-state index in [-0.39, 0.29) is 12.5 Å². The average Bonchev–Trinajstić information content (AvgIpc) is 2.92. The molecule has 0 saturated carbocycles. The van der Waals surface area contributed by atoms with Gasteiger partial charge in [0.15, 0.2) is 0 Å². The van der Waals surface area contributed by atoms with Crippen LogP contribution in [0.25, 0.3) is 0 Å². The number of hydrogen-bond donors (Lipinski definition) is 2. The zero-order valence-corrected chi connectivity index (χ0v) is 12.2. The Labute approximate surface area is 123 Å². The number of carbonyl (C=O) groups is 1. The van der Waals surface area contributed by atoms with Gasteiger partial charge in [-0.1, -0.05) is 17.3 Å². The highest BCUT2D eigenvalue weighted by molar-refractivity contribution is 5.99. The van der Waals surface area contributed by atoms with Crippen molar-refractivity contribution in [2.75, 3.05) is 26.0 Å². The van der Waals surface area contributed by atoms with Crippen LogP contribution in [-0.2, 0) is 13.1 Å². The number of rotatable bonds is 6. The molecule has 21 heavy (non-hydrogen) atoms. The van der Waals surface area contributed by atoms with Crippen molar-refractivity contribution in [3.8, 4) is 0 Å². The SMILES string of the molecule is CN(C)C(=O)c1ccccc1NCc1cn(CCO)nn1. The Morgan fingerprint density at radius 2 is 2.14 bits per heavy atom. The second-order valence-corrected chi connectivity index (χ2v) is 4.80. The highest BCUT2D eigenvalue weighted by Gasteiger charge is 2.12. The second kappa shape index (κ2) is 6.85. The standard InChI is InChI=1S/C14H19N5O2/c1-18(2)14(21)12-5-3-4-6-13(12)15-9-11-10-19(7-8-20)17-16-11/h3-6,10,15,20H,7-9H2,1-2H3. The highest BCUT2D eigenvalue weighted by atomic mass is 16.3. The van der Waals surface area contributed by atoms with Gasteiger partial charge >= 0.3 is 0 Å². The summed E-state index contributed by atoms with van der Waals surface area (Å²) in [6, 6.07) is 7.35. The number of nitrogens with one attached hydrogen (secondary N) is 1. The van der Waals surface area contributed by atoms with Crippen molar-refractivity contribution in [3.63, 3.8) is 0 Å². The smallest absolute Gasteiger partial charge is 0.255 e. The van der Waals surface area contributed by atoms with Crippen molar-refractivity contribution in [3.05, 3.63) is 41.7 Å². The Hall–Kier alpha value is -2.41. The molecule has 0 spiro atoms. The zero-order chi connectivity index (χ0) is 15.2. The summed E-state index contributed by atoms with van der Waals surface area (Å²) in [6.07, 6.45) is 1.76. The van der Waals surface area contributed by atoms with Gasteiger partial charge in [0.2, 0.25) is 0 Å². The van der Waals surface area contributed by atoms with E-state index < -0.39 is 0 Å². The molecule has 0 atom stereocenters. The third kappa shape index (κ3) is 3.79. The summed E-state index contributed by atoms with van der Waals surface area (Å²) >= 11 is 0. The summed E-state index contributed by atoms with van der Waals surface area (Å²) in [7, 11) is 3.44. The van der Waals surface area contributed by atoms with Gasteiger partial charge in [-0.3, -0.25) is 4.79 Å². The second-order valence-electron chi connectivity index (χ2n) is 4.80. The van der Waals surface area contributed by atoms with Crippen LogP contribution >= 0.6 is 0 Å².